The molecular formula is C20H21FN4O. The summed E-state index contributed by atoms with van der Waals surface area (Å²) in [4.78, 5) is 9.17. The Morgan fingerprint density at radius 2 is 2.04 bits per heavy atom. The Morgan fingerprint density at radius 1 is 1.27 bits per heavy atom. The van der Waals surface area contributed by atoms with E-state index < -0.39 is 5.82 Å². The number of pyridine rings is 1. The smallest absolute Gasteiger partial charge is 0.237 e. The fourth-order valence-electron chi connectivity index (χ4n) is 3.92. The number of nitriles is 1. The Kier molecular flexibility index (Phi) is 4.48. The van der Waals surface area contributed by atoms with Crippen LogP contribution >= 0.6 is 0 Å². The van der Waals surface area contributed by atoms with Gasteiger partial charge in [-0.2, -0.15) is 5.26 Å². The van der Waals surface area contributed by atoms with Crippen molar-refractivity contribution in [3.63, 3.8) is 0 Å². The van der Waals surface area contributed by atoms with Gasteiger partial charge in [0.1, 0.15) is 12.4 Å². The first-order valence-corrected chi connectivity index (χ1v) is 8.89. The summed E-state index contributed by atoms with van der Waals surface area (Å²) < 4.78 is 19.9. The molecule has 26 heavy (non-hydrogen) atoms. The number of fused-ring (bicyclic) bond motifs is 2. The molecule has 3 heterocycles. The maximum Gasteiger partial charge on any atom is 0.237 e. The normalized spacial score (nSPS) is 22.3. The van der Waals surface area contributed by atoms with Crippen LogP contribution in [0.3, 0.4) is 0 Å². The van der Waals surface area contributed by atoms with E-state index in [4.69, 9.17) is 10.00 Å². The van der Waals surface area contributed by atoms with Gasteiger partial charge in [0.05, 0.1) is 17.3 Å². The van der Waals surface area contributed by atoms with Crippen molar-refractivity contribution in [3.05, 3.63) is 53.5 Å². The Labute approximate surface area is 152 Å². The molecule has 0 N–H and O–H groups in total. The summed E-state index contributed by atoms with van der Waals surface area (Å²) in [5, 5.41) is 8.84. The van der Waals surface area contributed by atoms with Gasteiger partial charge in [0.15, 0.2) is 0 Å². The number of likely N-dealkylation sites (N-methyl/N-ethyl adjacent to an activating group) is 1. The lowest BCUT2D eigenvalue weighted by atomic mass is 10.1. The second-order valence-electron chi connectivity index (χ2n) is 6.99. The summed E-state index contributed by atoms with van der Waals surface area (Å²) in [6.07, 6.45) is 4.15. The van der Waals surface area contributed by atoms with Gasteiger partial charge in [0.2, 0.25) is 5.88 Å². The fraction of sp³-hybridized carbons (Fsp3) is 0.400. The number of piperazine rings is 1. The third kappa shape index (κ3) is 3.11. The van der Waals surface area contributed by atoms with Crippen molar-refractivity contribution in [1.29, 1.82) is 5.26 Å². The van der Waals surface area contributed by atoms with Crippen LogP contribution in [0, 0.1) is 17.1 Å². The van der Waals surface area contributed by atoms with Gasteiger partial charge >= 0.3 is 0 Å². The summed E-state index contributed by atoms with van der Waals surface area (Å²) in [6.45, 7) is 2.00. The number of anilines is 1. The molecule has 0 aliphatic carbocycles. The maximum absolute atomic E-state index is 14.1. The van der Waals surface area contributed by atoms with E-state index in [2.05, 4.69) is 21.8 Å². The first-order chi connectivity index (χ1) is 12.7. The average Bonchev–Trinajstić information content (AvgIpc) is 2.87. The minimum absolute atomic E-state index is 0.0855. The van der Waals surface area contributed by atoms with Crippen molar-refractivity contribution in [2.45, 2.75) is 31.5 Å². The number of rotatable bonds is 4. The third-order valence-corrected chi connectivity index (χ3v) is 5.49. The summed E-state index contributed by atoms with van der Waals surface area (Å²) in [7, 11) is 2.20. The van der Waals surface area contributed by atoms with Gasteiger partial charge < -0.3 is 9.64 Å². The van der Waals surface area contributed by atoms with Crippen molar-refractivity contribution >= 4 is 5.69 Å². The molecule has 2 fully saturated rings. The van der Waals surface area contributed by atoms with Crippen molar-refractivity contribution in [1.82, 2.24) is 9.88 Å². The highest BCUT2D eigenvalue weighted by atomic mass is 19.1. The van der Waals surface area contributed by atoms with Crippen molar-refractivity contribution in [2.75, 3.05) is 25.0 Å². The van der Waals surface area contributed by atoms with E-state index in [1.165, 1.54) is 18.9 Å². The Morgan fingerprint density at radius 3 is 2.73 bits per heavy atom. The van der Waals surface area contributed by atoms with E-state index in [-0.39, 0.29) is 6.61 Å². The molecule has 2 unspecified atom stereocenters. The standard InChI is InChI=1S/C20H21FN4O/c1-24-16-6-7-17(24)12-25(11-16)19-3-2-8-23-20(19)26-13-15-5-4-14(10-22)9-18(15)21/h2-5,8-9,16-17H,6-7,11-13H2,1H3. The van der Waals surface area contributed by atoms with Gasteiger partial charge in [-0.3, -0.25) is 4.90 Å². The highest BCUT2D eigenvalue weighted by Crippen LogP contribution is 2.34. The first kappa shape index (κ1) is 16.8. The van der Waals surface area contributed by atoms with Crippen LogP contribution in [0.4, 0.5) is 10.1 Å². The lowest BCUT2D eigenvalue weighted by molar-refractivity contribution is 0.210. The van der Waals surface area contributed by atoms with Crippen LogP contribution < -0.4 is 9.64 Å². The van der Waals surface area contributed by atoms with E-state index in [1.807, 2.05) is 18.2 Å². The molecule has 2 saturated heterocycles. The van der Waals surface area contributed by atoms with Crippen LogP contribution in [0.2, 0.25) is 0 Å². The van der Waals surface area contributed by atoms with E-state index in [1.54, 1.807) is 18.3 Å². The third-order valence-electron chi connectivity index (χ3n) is 5.49. The van der Waals surface area contributed by atoms with Crippen LogP contribution in [0.1, 0.15) is 24.0 Å². The molecule has 6 heteroatoms. The number of benzene rings is 1. The Hall–Kier alpha value is -2.65. The van der Waals surface area contributed by atoms with E-state index in [0.717, 1.165) is 18.8 Å². The monoisotopic (exact) mass is 352 g/mol. The van der Waals surface area contributed by atoms with Crippen LogP contribution in [0.5, 0.6) is 5.88 Å². The van der Waals surface area contributed by atoms with Crippen LogP contribution in [0.25, 0.3) is 0 Å². The number of aromatic nitrogens is 1. The summed E-state index contributed by atoms with van der Waals surface area (Å²) >= 11 is 0. The van der Waals surface area contributed by atoms with Gasteiger partial charge in [0.25, 0.3) is 0 Å². The first-order valence-electron chi connectivity index (χ1n) is 8.89. The number of ether oxygens (including phenoxy) is 1. The van der Waals surface area contributed by atoms with Gasteiger partial charge in [-0.1, -0.05) is 6.07 Å². The van der Waals surface area contributed by atoms with Gasteiger partial charge in [-0.25, -0.2) is 9.37 Å². The predicted molar refractivity (Wildman–Crippen MR) is 96.5 cm³/mol. The molecule has 4 rings (SSSR count). The molecule has 0 spiro atoms. The van der Waals surface area contributed by atoms with Crippen LogP contribution in [0.15, 0.2) is 36.5 Å². The predicted octanol–water partition coefficient (Wildman–Crippen LogP) is 2.95. The molecule has 0 radical (unpaired) electrons. The van der Waals surface area contributed by atoms with Gasteiger partial charge in [0, 0.05) is 36.9 Å². The molecule has 2 aliphatic heterocycles. The fourth-order valence-corrected chi connectivity index (χ4v) is 3.92. The van der Waals surface area contributed by atoms with Crippen molar-refractivity contribution in [2.24, 2.45) is 0 Å². The zero-order valence-electron chi connectivity index (χ0n) is 14.7. The zero-order valence-corrected chi connectivity index (χ0v) is 14.7. The molecular weight excluding hydrogens is 331 g/mol. The molecule has 0 amide bonds. The van der Waals surface area contributed by atoms with E-state index in [9.17, 15) is 4.39 Å². The summed E-state index contributed by atoms with van der Waals surface area (Å²) in [6, 6.07) is 11.4. The molecule has 2 aromatic rings. The zero-order chi connectivity index (χ0) is 18.1. The van der Waals surface area contributed by atoms with E-state index >= 15 is 0 Å². The summed E-state index contributed by atoms with van der Waals surface area (Å²) in [5.74, 6) is 0.0967. The molecule has 134 valence electrons. The number of hydrogen-bond donors (Lipinski definition) is 0. The minimum Gasteiger partial charge on any atom is -0.471 e. The van der Waals surface area contributed by atoms with E-state index in [0.29, 0.717) is 29.1 Å². The topological polar surface area (TPSA) is 52.4 Å². The molecule has 2 aliphatic rings. The molecule has 1 aromatic heterocycles. The Bertz CT molecular complexity index is 836. The highest BCUT2D eigenvalue weighted by molar-refractivity contribution is 5.55. The summed E-state index contributed by atoms with van der Waals surface area (Å²) in [5.41, 5.74) is 1.68. The van der Waals surface area contributed by atoms with Crippen molar-refractivity contribution < 1.29 is 9.13 Å². The second-order valence-corrected chi connectivity index (χ2v) is 6.99. The molecule has 0 saturated carbocycles. The largest absolute Gasteiger partial charge is 0.471 e. The van der Waals surface area contributed by atoms with Crippen molar-refractivity contribution in [3.8, 4) is 11.9 Å². The minimum atomic E-state index is -0.431. The van der Waals surface area contributed by atoms with Crippen LogP contribution in [-0.2, 0) is 6.61 Å². The lowest BCUT2D eigenvalue weighted by Gasteiger charge is -2.40. The SMILES string of the molecule is CN1C2CCC1CN(c1cccnc1OCc1ccc(C#N)cc1F)C2. The number of hydrogen-bond acceptors (Lipinski definition) is 5. The van der Waals surface area contributed by atoms with Crippen LogP contribution in [-0.4, -0.2) is 42.1 Å². The van der Waals surface area contributed by atoms with Gasteiger partial charge in [-0.05, 0) is 44.2 Å². The highest BCUT2D eigenvalue weighted by Gasteiger charge is 2.38. The molecule has 5 nitrogen and oxygen atoms in total. The second kappa shape index (κ2) is 6.93. The maximum atomic E-state index is 14.1. The molecule has 2 bridgehead atoms. The molecule has 2 atom stereocenters. The Balaban J connectivity index is 1.51. The number of nitrogens with zero attached hydrogens (tertiary/aromatic N) is 4. The number of halogens is 1. The average molecular weight is 352 g/mol. The lowest BCUT2D eigenvalue weighted by Crippen LogP contribution is -2.52. The van der Waals surface area contributed by atoms with Gasteiger partial charge in [-0.15, -0.1) is 0 Å². The molecule has 1 aromatic carbocycles. The quantitative estimate of drug-likeness (QED) is 0.847.